The Morgan fingerprint density at radius 3 is 2.44 bits per heavy atom. The van der Waals surface area contributed by atoms with Crippen molar-refractivity contribution in [1.82, 2.24) is 9.80 Å². The molecular weight excluding hydrogens is 204 g/mol. The van der Waals surface area contributed by atoms with Crippen LogP contribution in [0.4, 0.5) is 0 Å². The molecule has 0 aromatic rings. The molecule has 0 spiro atoms. The summed E-state index contributed by atoms with van der Waals surface area (Å²) < 4.78 is 0. The first kappa shape index (κ1) is 13.0. The summed E-state index contributed by atoms with van der Waals surface area (Å²) in [5.41, 5.74) is 0. The van der Waals surface area contributed by atoms with Gasteiger partial charge < -0.3 is 9.80 Å². The van der Waals surface area contributed by atoms with E-state index in [1.807, 2.05) is 18.7 Å². The molecule has 0 saturated carbocycles. The summed E-state index contributed by atoms with van der Waals surface area (Å²) in [5.74, 6) is 0.297. The molecule has 1 unspecified atom stereocenters. The summed E-state index contributed by atoms with van der Waals surface area (Å²) in [6.45, 7) is 8.48. The predicted molar refractivity (Wildman–Crippen MR) is 62.9 cm³/mol. The van der Waals surface area contributed by atoms with Gasteiger partial charge in [0.05, 0.1) is 5.92 Å². The number of nitrogens with zero attached hydrogens (tertiary/aromatic N) is 2. The van der Waals surface area contributed by atoms with E-state index in [2.05, 4.69) is 0 Å². The lowest BCUT2D eigenvalue weighted by Crippen LogP contribution is -2.46. The molecule has 1 fully saturated rings. The Morgan fingerprint density at radius 1 is 1.31 bits per heavy atom. The average Bonchev–Trinajstić information content (AvgIpc) is 2.30. The third-order valence-electron chi connectivity index (χ3n) is 3.29. The van der Waals surface area contributed by atoms with Gasteiger partial charge >= 0.3 is 0 Å². The third-order valence-corrected chi connectivity index (χ3v) is 3.29. The number of piperidine rings is 1. The van der Waals surface area contributed by atoms with Crippen LogP contribution in [-0.4, -0.2) is 47.8 Å². The molecule has 0 aromatic carbocycles. The molecule has 1 aliphatic heterocycles. The molecule has 92 valence electrons. The number of hydrogen-bond acceptors (Lipinski definition) is 2. The highest BCUT2D eigenvalue weighted by atomic mass is 16.2. The van der Waals surface area contributed by atoms with Crippen molar-refractivity contribution in [2.75, 3.05) is 26.2 Å². The minimum atomic E-state index is 0.0116. The van der Waals surface area contributed by atoms with Gasteiger partial charge in [0.2, 0.25) is 11.8 Å². The summed E-state index contributed by atoms with van der Waals surface area (Å²) in [7, 11) is 0. The Labute approximate surface area is 97.6 Å². The van der Waals surface area contributed by atoms with Crippen molar-refractivity contribution in [3.8, 4) is 0 Å². The first-order chi connectivity index (χ1) is 7.60. The van der Waals surface area contributed by atoms with Crippen molar-refractivity contribution >= 4 is 11.8 Å². The van der Waals surface area contributed by atoms with Gasteiger partial charge in [-0.1, -0.05) is 0 Å². The first-order valence-corrected chi connectivity index (χ1v) is 6.14. The van der Waals surface area contributed by atoms with Gasteiger partial charge in [0, 0.05) is 33.1 Å². The lowest BCUT2D eigenvalue weighted by atomic mass is 9.96. The van der Waals surface area contributed by atoms with Gasteiger partial charge in [0.25, 0.3) is 0 Å². The fraction of sp³-hybridized carbons (Fsp3) is 0.833. The second-order valence-electron chi connectivity index (χ2n) is 4.31. The zero-order chi connectivity index (χ0) is 12.1. The van der Waals surface area contributed by atoms with Crippen molar-refractivity contribution in [1.29, 1.82) is 0 Å². The molecule has 0 radical (unpaired) electrons. The quantitative estimate of drug-likeness (QED) is 0.723. The fourth-order valence-corrected chi connectivity index (χ4v) is 2.26. The predicted octanol–water partition coefficient (Wildman–Crippen LogP) is 1.11. The van der Waals surface area contributed by atoms with Crippen LogP contribution in [0.1, 0.15) is 33.6 Å². The highest BCUT2D eigenvalue weighted by Gasteiger charge is 2.28. The van der Waals surface area contributed by atoms with Crippen LogP contribution in [0.5, 0.6) is 0 Å². The van der Waals surface area contributed by atoms with Crippen LogP contribution in [0.3, 0.4) is 0 Å². The molecule has 0 bridgehead atoms. The van der Waals surface area contributed by atoms with E-state index < -0.39 is 0 Å². The molecular formula is C12H22N2O2. The van der Waals surface area contributed by atoms with Crippen molar-refractivity contribution < 1.29 is 9.59 Å². The monoisotopic (exact) mass is 226 g/mol. The van der Waals surface area contributed by atoms with Crippen LogP contribution in [0.25, 0.3) is 0 Å². The zero-order valence-corrected chi connectivity index (χ0v) is 10.5. The fourth-order valence-electron chi connectivity index (χ4n) is 2.26. The van der Waals surface area contributed by atoms with Crippen LogP contribution in [0.15, 0.2) is 0 Å². The number of amides is 2. The van der Waals surface area contributed by atoms with Crippen LogP contribution < -0.4 is 0 Å². The SMILES string of the molecule is CCN(CC)C(=O)C1CCCN(C(C)=O)C1. The molecule has 16 heavy (non-hydrogen) atoms. The molecule has 0 aliphatic carbocycles. The number of hydrogen-bond donors (Lipinski definition) is 0. The average molecular weight is 226 g/mol. The molecule has 1 heterocycles. The Bertz CT molecular complexity index is 262. The second kappa shape index (κ2) is 5.87. The lowest BCUT2D eigenvalue weighted by molar-refractivity contribution is -0.139. The van der Waals surface area contributed by atoms with Gasteiger partial charge in [-0.2, -0.15) is 0 Å². The Morgan fingerprint density at radius 2 is 1.94 bits per heavy atom. The summed E-state index contributed by atoms with van der Waals surface area (Å²) in [4.78, 5) is 27.0. The van der Waals surface area contributed by atoms with Crippen molar-refractivity contribution in [2.24, 2.45) is 5.92 Å². The van der Waals surface area contributed by atoms with E-state index in [0.29, 0.717) is 6.54 Å². The Kier molecular flexibility index (Phi) is 4.77. The maximum atomic E-state index is 12.1. The number of likely N-dealkylation sites (tertiary alicyclic amines) is 1. The van der Waals surface area contributed by atoms with E-state index in [1.165, 1.54) is 0 Å². The second-order valence-corrected chi connectivity index (χ2v) is 4.31. The molecule has 0 N–H and O–H groups in total. The van der Waals surface area contributed by atoms with E-state index in [9.17, 15) is 9.59 Å². The third kappa shape index (κ3) is 2.97. The van der Waals surface area contributed by atoms with Crippen LogP contribution in [-0.2, 0) is 9.59 Å². The minimum Gasteiger partial charge on any atom is -0.343 e. The molecule has 1 saturated heterocycles. The van der Waals surface area contributed by atoms with Crippen LogP contribution in [0.2, 0.25) is 0 Å². The molecule has 1 atom stereocenters. The molecule has 1 aliphatic rings. The normalized spacial score (nSPS) is 20.7. The summed E-state index contributed by atoms with van der Waals surface area (Å²) in [5, 5.41) is 0. The summed E-state index contributed by atoms with van der Waals surface area (Å²) in [6, 6.07) is 0. The maximum Gasteiger partial charge on any atom is 0.227 e. The van der Waals surface area contributed by atoms with Crippen LogP contribution in [0, 0.1) is 5.92 Å². The van der Waals surface area contributed by atoms with Gasteiger partial charge in [-0.15, -0.1) is 0 Å². The zero-order valence-electron chi connectivity index (χ0n) is 10.5. The van der Waals surface area contributed by atoms with Crippen molar-refractivity contribution in [3.63, 3.8) is 0 Å². The smallest absolute Gasteiger partial charge is 0.227 e. The van der Waals surface area contributed by atoms with Gasteiger partial charge in [-0.3, -0.25) is 9.59 Å². The molecule has 0 aromatic heterocycles. The number of rotatable bonds is 3. The van der Waals surface area contributed by atoms with Gasteiger partial charge in [-0.25, -0.2) is 0 Å². The lowest BCUT2D eigenvalue weighted by Gasteiger charge is -2.33. The largest absolute Gasteiger partial charge is 0.343 e. The van der Waals surface area contributed by atoms with Crippen molar-refractivity contribution in [3.05, 3.63) is 0 Å². The molecule has 4 heteroatoms. The van der Waals surface area contributed by atoms with Crippen molar-refractivity contribution in [2.45, 2.75) is 33.6 Å². The van der Waals surface area contributed by atoms with Gasteiger partial charge in [0.15, 0.2) is 0 Å². The molecule has 4 nitrogen and oxygen atoms in total. The first-order valence-electron chi connectivity index (χ1n) is 6.14. The van der Waals surface area contributed by atoms with E-state index in [0.717, 1.165) is 32.5 Å². The topological polar surface area (TPSA) is 40.6 Å². The number of carbonyl (C=O) groups is 2. The van der Waals surface area contributed by atoms with Gasteiger partial charge in [-0.05, 0) is 26.7 Å². The van der Waals surface area contributed by atoms with E-state index in [4.69, 9.17) is 0 Å². The molecule has 1 rings (SSSR count). The van der Waals surface area contributed by atoms with E-state index >= 15 is 0 Å². The van der Waals surface area contributed by atoms with E-state index in [1.54, 1.807) is 11.8 Å². The Balaban J connectivity index is 2.59. The minimum absolute atomic E-state index is 0.0116. The standard InChI is InChI=1S/C12H22N2O2/c1-4-13(5-2)12(16)11-7-6-8-14(9-11)10(3)15/h11H,4-9H2,1-3H3. The number of carbonyl (C=O) groups excluding carboxylic acids is 2. The highest BCUT2D eigenvalue weighted by Crippen LogP contribution is 2.18. The molecule has 2 amide bonds. The Hall–Kier alpha value is -1.06. The summed E-state index contributed by atoms with van der Waals surface area (Å²) in [6.07, 6.45) is 1.86. The van der Waals surface area contributed by atoms with Gasteiger partial charge in [0.1, 0.15) is 0 Å². The van der Waals surface area contributed by atoms with E-state index in [-0.39, 0.29) is 17.7 Å². The van der Waals surface area contributed by atoms with Crippen LogP contribution >= 0.6 is 0 Å². The maximum absolute atomic E-state index is 12.1. The highest BCUT2D eigenvalue weighted by molar-refractivity contribution is 5.80. The summed E-state index contributed by atoms with van der Waals surface area (Å²) >= 11 is 0.